The highest BCUT2D eigenvalue weighted by Crippen LogP contribution is 2.23. The van der Waals surface area contributed by atoms with Gasteiger partial charge in [0.1, 0.15) is 24.6 Å². The Kier molecular flexibility index (Phi) is 30.8. The van der Waals surface area contributed by atoms with Gasteiger partial charge in [-0.25, -0.2) is 0 Å². The molecule has 1 heterocycles. The van der Waals surface area contributed by atoms with Crippen molar-refractivity contribution in [1.29, 1.82) is 0 Å². The van der Waals surface area contributed by atoms with Gasteiger partial charge in [0.15, 0.2) is 12.4 Å². The fourth-order valence-electron chi connectivity index (χ4n) is 6.78. The van der Waals surface area contributed by atoms with E-state index < -0.39 is 52.5 Å². The van der Waals surface area contributed by atoms with Crippen LogP contribution >= 0.6 is 0 Å². The van der Waals surface area contributed by atoms with Gasteiger partial charge in [0.25, 0.3) is 10.1 Å². The lowest BCUT2D eigenvalue weighted by Crippen LogP contribution is -2.52. The highest BCUT2D eigenvalue weighted by Gasteiger charge is 2.39. The van der Waals surface area contributed by atoms with Crippen LogP contribution in [0.5, 0.6) is 0 Å². The normalized spacial score (nSPS) is 19.6. The van der Waals surface area contributed by atoms with E-state index in [1.807, 2.05) is 0 Å². The SMILES string of the molecule is CCCCCCCCCCCCCCCC(=O)OC[C@H](CO[C@@H]1CC(O)C(O)[C@H](CS(=O)(=O)O)O1)OC(=O)CCCCCCCCCCCCCCC. The first-order valence-electron chi connectivity index (χ1n) is 21.5. The molecule has 0 spiro atoms. The molecule has 5 atom stereocenters. The van der Waals surface area contributed by atoms with Crippen molar-refractivity contribution in [1.82, 2.24) is 0 Å². The van der Waals surface area contributed by atoms with Gasteiger partial charge in [0, 0.05) is 19.3 Å². The van der Waals surface area contributed by atoms with Crippen LogP contribution in [0.4, 0.5) is 0 Å². The summed E-state index contributed by atoms with van der Waals surface area (Å²) in [7, 11) is -4.49. The molecular formula is C41H78O11S. The lowest BCUT2D eigenvalue weighted by atomic mass is 10.0. The average Bonchev–Trinajstić information content (AvgIpc) is 3.11. The quantitative estimate of drug-likeness (QED) is 0.0315. The van der Waals surface area contributed by atoms with Crippen LogP contribution in [0.2, 0.25) is 0 Å². The number of ether oxygens (including phenoxy) is 4. The van der Waals surface area contributed by atoms with Crippen LogP contribution in [-0.4, -0.2) is 84.8 Å². The van der Waals surface area contributed by atoms with Crippen molar-refractivity contribution in [3.63, 3.8) is 0 Å². The molecule has 0 bridgehead atoms. The fourth-order valence-corrected chi connectivity index (χ4v) is 7.47. The molecule has 1 fully saturated rings. The molecule has 1 aliphatic heterocycles. The van der Waals surface area contributed by atoms with Crippen molar-refractivity contribution >= 4 is 22.1 Å². The highest BCUT2D eigenvalue weighted by molar-refractivity contribution is 7.85. The summed E-state index contributed by atoms with van der Waals surface area (Å²) in [5.41, 5.74) is 0. The number of hydrogen-bond donors (Lipinski definition) is 3. The zero-order valence-corrected chi connectivity index (χ0v) is 34.3. The first kappa shape index (κ1) is 49.7. The standard InChI is InChI=1S/C41H78O11S/c1-3-5-7-9-11-13-15-17-19-21-23-25-27-29-38(43)49-32-35(33-50-40-31-36(42)41(45)37(52-40)34-53(46,47)48)51-39(44)30-28-26-24-22-20-18-16-14-12-10-8-6-4-2/h35-37,40-42,45H,3-34H2,1-2H3,(H,46,47,48)/t35-,36?,37+,40+,41?/m1/s1. The fraction of sp³-hybridized carbons (Fsp3) is 0.951. The summed E-state index contributed by atoms with van der Waals surface area (Å²) in [5.74, 6) is -1.73. The van der Waals surface area contributed by atoms with E-state index in [0.29, 0.717) is 6.42 Å². The van der Waals surface area contributed by atoms with Crippen molar-refractivity contribution in [3.05, 3.63) is 0 Å². The number of aliphatic hydroxyl groups excluding tert-OH is 2. The van der Waals surface area contributed by atoms with Gasteiger partial charge in [-0.05, 0) is 12.8 Å². The molecule has 0 aliphatic carbocycles. The molecule has 12 heteroatoms. The first-order valence-corrected chi connectivity index (χ1v) is 23.1. The predicted molar refractivity (Wildman–Crippen MR) is 209 cm³/mol. The Bertz CT molecular complexity index is 992. The second-order valence-corrected chi connectivity index (χ2v) is 16.8. The molecule has 1 aliphatic rings. The van der Waals surface area contributed by atoms with Gasteiger partial charge in [-0.15, -0.1) is 0 Å². The van der Waals surface area contributed by atoms with Gasteiger partial charge in [-0.2, -0.15) is 8.42 Å². The maximum atomic E-state index is 12.7. The van der Waals surface area contributed by atoms with Crippen LogP contribution in [0.3, 0.4) is 0 Å². The molecule has 0 amide bonds. The van der Waals surface area contributed by atoms with Crippen molar-refractivity contribution in [2.45, 2.75) is 231 Å². The first-order chi connectivity index (χ1) is 25.6. The van der Waals surface area contributed by atoms with E-state index in [1.54, 1.807) is 0 Å². The van der Waals surface area contributed by atoms with Gasteiger partial charge in [0.2, 0.25) is 0 Å². The summed E-state index contributed by atoms with van der Waals surface area (Å²) < 4.78 is 54.3. The number of esters is 2. The zero-order chi connectivity index (χ0) is 39.0. The van der Waals surface area contributed by atoms with E-state index >= 15 is 0 Å². The molecular weight excluding hydrogens is 701 g/mol. The van der Waals surface area contributed by atoms with Crippen molar-refractivity contribution in [2.24, 2.45) is 0 Å². The average molecular weight is 779 g/mol. The number of hydrogen-bond acceptors (Lipinski definition) is 10. The molecule has 0 aromatic heterocycles. The number of aliphatic hydroxyl groups is 2. The number of rotatable bonds is 36. The molecule has 3 N–H and O–H groups in total. The van der Waals surface area contributed by atoms with Crippen LogP contribution in [0.1, 0.15) is 200 Å². The van der Waals surface area contributed by atoms with Crippen LogP contribution in [0.15, 0.2) is 0 Å². The van der Waals surface area contributed by atoms with E-state index in [2.05, 4.69) is 13.8 Å². The Morgan fingerprint density at radius 3 is 1.43 bits per heavy atom. The number of carbonyl (C=O) groups excluding carboxylic acids is 2. The molecule has 53 heavy (non-hydrogen) atoms. The molecule has 11 nitrogen and oxygen atoms in total. The zero-order valence-electron chi connectivity index (χ0n) is 33.5. The molecule has 0 aromatic rings. The topological polar surface area (TPSA) is 166 Å². The van der Waals surface area contributed by atoms with Crippen molar-refractivity contribution in [3.8, 4) is 0 Å². The lowest BCUT2D eigenvalue weighted by Gasteiger charge is -2.36. The third-order valence-corrected chi connectivity index (χ3v) is 10.8. The van der Waals surface area contributed by atoms with Crippen LogP contribution in [-0.2, 0) is 38.7 Å². The summed E-state index contributed by atoms with van der Waals surface area (Å²) in [4.78, 5) is 25.3. The monoisotopic (exact) mass is 779 g/mol. The third-order valence-electron chi connectivity index (χ3n) is 10.1. The van der Waals surface area contributed by atoms with Gasteiger partial charge in [-0.1, -0.05) is 168 Å². The minimum absolute atomic E-state index is 0.165. The Labute approximate surface area is 322 Å². The summed E-state index contributed by atoms with van der Waals surface area (Å²) in [6, 6.07) is 0. The van der Waals surface area contributed by atoms with Crippen molar-refractivity contribution < 1.29 is 51.7 Å². The van der Waals surface area contributed by atoms with E-state index in [1.165, 1.54) is 122 Å². The van der Waals surface area contributed by atoms with E-state index in [4.69, 9.17) is 18.9 Å². The van der Waals surface area contributed by atoms with Crippen LogP contribution in [0.25, 0.3) is 0 Å². The molecule has 0 saturated carbocycles. The molecule has 1 rings (SSSR count). The summed E-state index contributed by atoms with van der Waals surface area (Å²) >= 11 is 0. The van der Waals surface area contributed by atoms with E-state index in [9.17, 15) is 32.8 Å². The third kappa shape index (κ3) is 29.6. The summed E-state index contributed by atoms with van der Waals surface area (Å²) in [6.07, 6.45) is 25.2. The maximum absolute atomic E-state index is 12.7. The van der Waals surface area contributed by atoms with Crippen LogP contribution in [0, 0.1) is 0 Å². The Morgan fingerprint density at radius 2 is 1.02 bits per heavy atom. The molecule has 2 unspecified atom stereocenters. The Hall–Kier alpha value is -1.31. The Balaban J connectivity index is 2.41. The second kappa shape index (κ2) is 32.9. The molecule has 314 valence electrons. The van der Waals surface area contributed by atoms with Crippen molar-refractivity contribution in [2.75, 3.05) is 19.0 Å². The second-order valence-electron chi connectivity index (χ2n) is 15.3. The van der Waals surface area contributed by atoms with Gasteiger partial charge in [-0.3, -0.25) is 14.1 Å². The minimum atomic E-state index is -4.49. The van der Waals surface area contributed by atoms with Gasteiger partial charge >= 0.3 is 11.9 Å². The number of carbonyl (C=O) groups is 2. The number of unbranched alkanes of at least 4 members (excludes halogenated alkanes) is 24. The molecule has 0 radical (unpaired) electrons. The Morgan fingerprint density at radius 1 is 0.623 bits per heavy atom. The van der Waals surface area contributed by atoms with E-state index in [0.717, 1.165) is 38.5 Å². The van der Waals surface area contributed by atoms with Gasteiger partial charge < -0.3 is 29.2 Å². The largest absolute Gasteiger partial charge is 0.462 e. The summed E-state index contributed by atoms with van der Waals surface area (Å²) in [6.45, 7) is 4.03. The predicted octanol–water partition coefficient (Wildman–Crippen LogP) is 9.15. The smallest absolute Gasteiger partial charge is 0.306 e. The lowest BCUT2D eigenvalue weighted by molar-refractivity contribution is -0.252. The molecule has 0 aromatic carbocycles. The maximum Gasteiger partial charge on any atom is 0.306 e. The molecule has 1 saturated heterocycles. The summed E-state index contributed by atoms with van der Waals surface area (Å²) in [5, 5.41) is 20.4. The highest BCUT2D eigenvalue weighted by atomic mass is 32.2. The van der Waals surface area contributed by atoms with Gasteiger partial charge in [0.05, 0.1) is 12.7 Å². The minimum Gasteiger partial charge on any atom is -0.462 e. The van der Waals surface area contributed by atoms with Crippen LogP contribution < -0.4 is 0 Å². The van der Waals surface area contributed by atoms with E-state index in [-0.39, 0.29) is 38.4 Å².